The van der Waals surface area contributed by atoms with Crippen LogP contribution in [0.2, 0.25) is 10.0 Å². The first-order valence-corrected chi connectivity index (χ1v) is 11.5. The SMILES string of the molecule is CCOc1cc(/C=C2/SC(=O)N(Cc3ccc(Cl)c(Cl)c3)C2=O)ccc1O[C@@H](C)CC. The van der Waals surface area contributed by atoms with Crippen LogP contribution in [0.5, 0.6) is 11.5 Å². The van der Waals surface area contributed by atoms with Crippen molar-refractivity contribution in [2.24, 2.45) is 0 Å². The molecule has 0 saturated carbocycles. The minimum Gasteiger partial charge on any atom is -0.490 e. The van der Waals surface area contributed by atoms with Crippen LogP contribution in [0.25, 0.3) is 6.08 Å². The normalized spacial score (nSPS) is 16.2. The van der Waals surface area contributed by atoms with Crippen LogP contribution < -0.4 is 9.47 Å². The Balaban J connectivity index is 1.81. The molecule has 2 aromatic rings. The summed E-state index contributed by atoms with van der Waals surface area (Å²) in [6.45, 7) is 6.56. The number of hydrogen-bond acceptors (Lipinski definition) is 5. The first-order valence-electron chi connectivity index (χ1n) is 9.95. The Bertz CT molecular complexity index is 1020. The summed E-state index contributed by atoms with van der Waals surface area (Å²) in [6.07, 6.45) is 2.62. The van der Waals surface area contributed by atoms with Crippen molar-refractivity contribution in [1.82, 2.24) is 4.90 Å². The zero-order valence-corrected chi connectivity index (χ0v) is 19.8. The molecule has 1 fully saturated rings. The standard InChI is InChI=1S/C23H23Cl2NO4S/c1-4-14(3)30-19-9-7-15(11-20(19)29-5-2)12-21-22(27)26(23(28)31-21)13-16-6-8-17(24)18(25)10-16/h6-12,14H,4-5,13H2,1-3H3/b21-12+/t14-/m0/s1. The summed E-state index contributed by atoms with van der Waals surface area (Å²) in [7, 11) is 0. The second kappa shape index (κ2) is 10.4. The van der Waals surface area contributed by atoms with Crippen LogP contribution in [-0.2, 0) is 11.3 Å². The first-order chi connectivity index (χ1) is 14.8. The third-order valence-electron chi connectivity index (χ3n) is 4.67. The minimum atomic E-state index is -0.348. The molecule has 5 nitrogen and oxygen atoms in total. The maximum atomic E-state index is 12.8. The first kappa shape index (κ1) is 23.5. The van der Waals surface area contributed by atoms with E-state index in [9.17, 15) is 9.59 Å². The molecule has 2 aromatic carbocycles. The predicted octanol–water partition coefficient (Wildman–Crippen LogP) is 6.81. The third kappa shape index (κ3) is 5.76. The topological polar surface area (TPSA) is 55.8 Å². The Morgan fingerprint density at radius 2 is 1.84 bits per heavy atom. The molecule has 31 heavy (non-hydrogen) atoms. The van der Waals surface area contributed by atoms with Crippen molar-refractivity contribution in [3.63, 3.8) is 0 Å². The molecule has 1 aliphatic heterocycles. The molecule has 0 radical (unpaired) electrons. The summed E-state index contributed by atoms with van der Waals surface area (Å²) in [5, 5.41) is 0.472. The Morgan fingerprint density at radius 1 is 1.06 bits per heavy atom. The molecule has 1 aliphatic rings. The van der Waals surface area contributed by atoms with Crippen LogP contribution >= 0.6 is 35.0 Å². The molecule has 0 unspecified atom stereocenters. The molecular formula is C23H23Cl2NO4S. The van der Waals surface area contributed by atoms with Crippen molar-refractivity contribution in [2.75, 3.05) is 6.61 Å². The number of carbonyl (C=O) groups excluding carboxylic acids is 2. The van der Waals surface area contributed by atoms with Gasteiger partial charge in [0.1, 0.15) is 0 Å². The Hall–Kier alpha value is -2.15. The number of carbonyl (C=O) groups is 2. The van der Waals surface area contributed by atoms with Gasteiger partial charge in [-0.3, -0.25) is 14.5 Å². The van der Waals surface area contributed by atoms with Crippen molar-refractivity contribution < 1.29 is 19.1 Å². The summed E-state index contributed by atoms with van der Waals surface area (Å²) < 4.78 is 11.6. The molecule has 1 saturated heterocycles. The van der Waals surface area contributed by atoms with Gasteiger partial charge in [-0.05, 0) is 73.5 Å². The van der Waals surface area contributed by atoms with E-state index in [0.29, 0.717) is 33.1 Å². The lowest BCUT2D eigenvalue weighted by molar-refractivity contribution is -0.123. The van der Waals surface area contributed by atoms with Crippen LogP contribution in [0, 0.1) is 0 Å². The maximum absolute atomic E-state index is 12.8. The van der Waals surface area contributed by atoms with E-state index in [1.807, 2.05) is 39.0 Å². The highest BCUT2D eigenvalue weighted by Gasteiger charge is 2.35. The molecule has 0 aliphatic carbocycles. The third-order valence-corrected chi connectivity index (χ3v) is 6.31. The van der Waals surface area contributed by atoms with E-state index < -0.39 is 0 Å². The molecule has 0 bridgehead atoms. The molecule has 0 spiro atoms. The number of rotatable bonds is 8. The van der Waals surface area contributed by atoms with Gasteiger partial charge in [0.2, 0.25) is 0 Å². The van der Waals surface area contributed by atoms with Crippen LogP contribution in [-0.4, -0.2) is 28.8 Å². The van der Waals surface area contributed by atoms with Gasteiger partial charge in [-0.1, -0.05) is 42.3 Å². The highest BCUT2D eigenvalue weighted by molar-refractivity contribution is 8.18. The lowest BCUT2D eigenvalue weighted by atomic mass is 10.1. The van der Waals surface area contributed by atoms with Gasteiger partial charge in [-0.15, -0.1) is 0 Å². The van der Waals surface area contributed by atoms with E-state index in [1.54, 1.807) is 24.3 Å². The molecule has 0 N–H and O–H groups in total. The van der Waals surface area contributed by atoms with E-state index in [4.69, 9.17) is 32.7 Å². The van der Waals surface area contributed by atoms with Crippen molar-refractivity contribution >= 4 is 52.2 Å². The summed E-state index contributed by atoms with van der Waals surface area (Å²) in [5.74, 6) is 0.909. The smallest absolute Gasteiger partial charge is 0.293 e. The zero-order valence-electron chi connectivity index (χ0n) is 17.5. The van der Waals surface area contributed by atoms with Gasteiger partial charge in [0.25, 0.3) is 11.1 Å². The number of halogens is 2. The number of hydrogen-bond donors (Lipinski definition) is 0. The van der Waals surface area contributed by atoms with Gasteiger partial charge in [0.15, 0.2) is 11.5 Å². The quantitative estimate of drug-likeness (QED) is 0.389. The largest absolute Gasteiger partial charge is 0.490 e. The Morgan fingerprint density at radius 3 is 2.52 bits per heavy atom. The summed E-state index contributed by atoms with van der Waals surface area (Å²) in [4.78, 5) is 26.8. The van der Waals surface area contributed by atoms with Gasteiger partial charge in [0, 0.05) is 0 Å². The lowest BCUT2D eigenvalue weighted by Gasteiger charge is -2.16. The number of thioether (sulfide) groups is 1. The number of amides is 2. The van der Waals surface area contributed by atoms with Crippen molar-refractivity contribution in [2.45, 2.75) is 39.8 Å². The summed E-state index contributed by atoms with van der Waals surface area (Å²) >= 11 is 12.9. The molecule has 164 valence electrons. The molecule has 0 aromatic heterocycles. The van der Waals surface area contributed by atoms with E-state index >= 15 is 0 Å². The molecule has 2 amide bonds. The summed E-state index contributed by atoms with van der Waals surface area (Å²) in [6, 6.07) is 10.5. The van der Waals surface area contributed by atoms with Crippen molar-refractivity contribution in [1.29, 1.82) is 0 Å². The number of nitrogens with zero attached hydrogens (tertiary/aromatic N) is 1. The van der Waals surface area contributed by atoms with Crippen molar-refractivity contribution in [3.8, 4) is 11.5 Å². The fraction of sp³-hybridized carbons (Fsp3) is 0.304. The highest BCUT2D eigenvalue weighted by Crippen LogP contribution is 2.36. The van der Waals surface area contributed by atoms with Gasteiger partial charge in [-0.2, -0.15) is 0 Å². The fourth-order valence-corrected chi connectivity index (χ4v) is 4.05. The predicted molar refractivity (Wildman–Crippen MR) is 126 cm³/mol. The lowest BCUT2D eigenvalue weighted by Crippen LogP contribution is -2.27. The molecule has 1 atom stereocenters. The van der Waals surface area contributed by atoms with Gasteiger partial charge < -0.3 is 9.47 Å². The summed E-state index contributed by atoms with van der Waals surface area (Å²) in [5.41, 5.74) is 1.48. The van der Waals surface area contributed by atoms with Crippen LogP contribution in [0.3, 0.4) is 0 Å². The van der Waals surface area contributed by atoms with E-state index in [1.165, 1.54) is 4.90 Å². The number of benzene rings is 2. The van der Waals surface area contributed by atoms with Crippen LogP contribution in [0.15, 0.2) is 41.3 Å². The van der Waals surface area contributed by atoms with Crippen LogP contribution in [0.4, 0.5) is 4.79 Å². The van der Waals surface area contributed by atoms with Crippen molar-refractivity contribution in [3.05, 3.63) is 62.5 Å². The number of ether oxygens (including phenoxy) is 2. The molecular weight excluding hydrogens is 457 g/mol. The average molecular weight is 480 g/mol. The molecule has 1 heterocycles. The monoisotopic (exact) mass is 479 g/mol. The van der Waals surface area contributed by atoms with E-state index in [0.717, 1.165) is 29.3 Å². The highest BCUT2D eigenvalue weighted by atomic mass is 35.5. The minimum absolute atomic E-state index is 0.0583. The van der Waals surface area contributed by atoms with Gasteiger partial charge in [-0.25, -0.2) is 0 Å². The fourth-order valence-electron chi connectivity index (χ4n) is 2.89. The Kier molecular flexibility index (Phi) is 7.92. The van der Waals surface area contributed by atoms with Gasteiger partial charge in [0.05, 0.1) is 34.2 Å². The van der Waals surface area contributed by atoms with E-state index in [2.05, 4.69) is 0 Å². The van der Waals surface area contributed by atoms with Gasteiger partial charge >= 0.3 is 0 Å². The zero-order chi connectivity index (χ0) is 22.5. The van der Waals surface area contributed by atoms with E-state index in [-0.39, 0.29) is 23.8 Å². The molecule has 8 heteroatoms. The average Bonchev–Trinajstić information content (AvgIpc) is 3.00. The second-order valence-electron chi connectivity index (χ2n) is 6.99. The molecule has 3 rings (SSSR count). The number of imide groups is 1. The second-order valence-corrected chi connectivity index (χ2v) is 8.80. The van der Waals surface area contributed by atoms with Crippen LogP contribution in [0.1, 0.15) is 38.3 Å². The Labute approximate surface area is 196 Å². The maximum Gasteiger partial charge on any atom is 0.293 e.